The fraction of sp³-hybridized carbons (Fsp3) is 0.692. The highest BCUT2D eigenvalue weighted by Gasteiger charge is 2.39. The molecule has 3 heterocycles. The molecule has 0 aliphatic carbocycles. The second kappa shape index (κ2) is 5.19. The molecule has 3 N–H and O–H groups in total. The number of hydrogen-bond acceptors (Lipinski definition) is 5. The quantitative estimate of drug-likeness (QED) is 0.881. The van der Waals surface area contributed by atoms with Gasteiger partial charge in [-0.3, -0.25) is 9.69 Å². The summed E-state index contributed by atoms with van der Waals surface area (Å²) >= 11 is 1.50. The summed E-state index contributed by atoms with van der Waals surface area (Å²) in [5.74, 6) is -0.0649. The molecule has 0 spiro atoms. The van der Waals surface area contributed by atoms with Crippen molar-refractivity contribution < 1.29 is 4.79 Å². The van der Waals surface area contributed by atoms with Gasteiger partial charge in [0.15, 0.2) is 5.13 Å². The molecule has 19 heavy (non-hydrogen) atoms. The van der Waals surface area contributed by atoms with Crippen LogP contribution in [-0.2, 0) is 11.3 Å². The molecule has 2 fully saturated rings. The van der Waals surface area contributed by atoms with Crippen LogP contribution in [0.15, 0.2) is 5.38 Å². The molecule has 6 heteroatoms. The number of amides is 1. The van der Waals surface area contributed by atoms with Crippen molar-refractivity contribution in [3.8, 4) is 0 Å². The average molecular weight is 280 g/mol. The highest BCUT2D eigenvalue weighted by atomic mass is 32.1. The van der Waals surface area contributed by atoms with Gasteiger partial charge in [0.25, 0.3) is 0 Å². The third kappa shape index (κ3) is 2.80. The molecule has 3 rings (SSSR count). The Bertz CT molecular complexity index is 461. The Kier molecular flexibility index (Phi) is 3.56. The van der Waals surface area contributed by atoms with Crippen molar-refractivity contribution in [2.45, 2.75) is 57.3 Å². The number of carbonyl (C=O) groups is 1. The summed E-state index contributed by atoms with van der Waals surface area (Å²) in [6, 6.07) is 1.62. The predicted octanol–water partition coefficient (Wildman–Crippen LogP) is 1.56. The van der Waals surface area contributed by atoms with Crippen molar-refractivity contribution in [2.24, 2.45) is 5.73 Å². The van der Waals surface area contributed by atoms with Crippen LogP contribution in [0.5, 0.6) is 0 Å². The van der Waals surface area contributed by atoms with Crippen LogP contribution in [0.25, 0.3) is 0 Å². The largest absolute Gasteiger partial charge is 0.328 e. The number of rotatable bonds is 3. The second-order valence-corrected chi connectivity index (χ2v) is 6.47. The van der Waals surface area contributed by atoms with Crippen LogP contribution in [0.2, 0.25) is 0 Å². The second-order valence-electron chi connectivity index (χ2n) is 5.61. The molecule has 2 bridgehead atoms. The molecule has 2 aliphatic heterocycles. The van der Waals surface area contributed by atoms with E-state index in [1.165, 1.54) is 31.1 Å². The van der Waals surface area contributed by atoms with E-state index < -0.39 is 0 Å². The van der Waals surface area contributed by atoms with Gasteiger partial charge in [0.2, 0.25) is 5.91 Å². The van der Waals surface area contributed by atoms with Crippen LogP contribution in [-0.4, -0.2) is 33.9 Å². The summed E-state index contributed by atoms with van der Waals surface area (Å²) in [5, 5.41) is 5.48. The Labute approximate surface area is 117 Å². The van der Waals surface area contributed by atoms with Gasteiger partial charge >= 0.3 is 0 Å². The van der Waals surface area contributed by atoms with Crippen LogP contribution >= 0.6 is 11.3 Å². The minimum Gasteiger partial charge on any atom is -0.328 e. The standard InChI is InChI=1S/C13H20N4OS/c1-8(18)15-13-16-10(7-19-13)6-17-11-2-3-12(17)5-9(14)4-11/h7,9,11-12H,2-6,14H2,1H3,(H,15,16,18). The Balaban J connectivity index is 1.65. The third-order valence-corrected chi connectivity index (χ3v) is 4.91. The Morgan fingerprint density at radius 3 is 2.84 bits per heavy atom. The van der Waals surface area contributed by atoms with E-state index in [4.69, 9.17) is 5.73 Å². The molecule has 0 saturated carbocycles. The highest BCUT2D eigenvalue weighted by molar-refractivity contribution is 7.13. The number of anilines is 1. The van der Waals surface area contributed by atoms with Gasteiger partial charge in [-0.25, -0.2) is 4.98 Å². The lowest BCUT2D eigenvalue weighted by atomic mass is 9.98. The van der Waals surface area contributed by atoms with E-state index in [1.807, 2.05) is 5.38 Å². The molecule has 1 aromatic heterocycles. The van der Waals surface area contributed by atoms with Crippen molar-refractivity contribution in [3.05, 3.63) is 11.1 Å². The zero-order valence-electron chi connectivity index (χ0n) is 11.1. The molecule has 2 saturated heterocycles. The molecule has 1 amide bonds. The van der Waals surface area contributed by atoms with Crippen molar-refractivity contribution in [2.75, 3.05) is 5.32 Å². The van der Waals surface area contributed by atoms with Gasteiger partial charge in [-0.1, -0.05) is 0 Å². The van der Waals surface area contributed by atoms with E-state index in [0.717, 1.165) is 25.1 Å². The molecular formula is C13H20N4OS. The van der Waals surface area contributed by atoms with Crippen molar-refractivity contribution in [3.63, 3.8) is 0 Å². The van der Waals surface area contributed by atoms with Gasteiger partial charge in [0.1, 0.15) is 0 Å². The maximum atomic E-state index is 11.0. The number of aromatic nitrogens is 1. The number of thiazole rings is 1. The molecule has 1 aromatic rings. The number of nitrogens with two attached hydrogens (primary N) is 1. The third-order valence-electron chi connectivity index (χ3n) is 4.10. The lowest BCUT2D eigenvalue weighted by molar-refractivity contribution is -0.114. The zero-order chi connectivity index (χ0) is 13.4. The molecule has 2 unspecified atom stereocenters. The molecule has 0 aromatic carbocycles. The number of carbonyl (C=O) groups excluding carboxylic acids is 1. The lowest BCUT2D eigenvalue weighted by Crippen LogP contribution is -2.46. The number of nitrogens with zero attached hydrogens (tertiary/aromatic N) is 2. The van der Waals surface area contributed by atoms with E-state index in [-0.39, 0.29) is 5.91 Å². The molecule has 2 aliphatic rings. The van der Waals surface area contributed by atoms with Crippen LogP contribution in [0, 0.1) is 0 Å². The maximum Gasteiger partial charge on any atom is 0.223 e. The monoisotopic (exact) mass is 280 g/mol. The number of hydrogen-bond donors (Lipinski definition) is 2. The fourth-order valence-corrected chi connectivity index (χ4v) is 4.10. The first-order valence-corrected chi connectivity index (χ1v) is 7.73. The van der Waals surface area contributed by atoms with Crippen LogP contribution in [0.1, 0.15) is 38.3 Å². The van der Waals surface area contributed by atoms with Gasteiger partial charge < -0.3 is 11.1 Å². The topological polar surface area (TPSA) is 71.2 Å². The van der Waals surface area contributed by atoms with Gasteiger partial charge in [0.05, 0.1) is 5.69 Å². The van der Waals surface area contributed by atoms with Gasteiger partial charge in [-0.2, -0.15) is 0 Å². The maximum absolute atomic E-state index is 11.0. The zero-order valence-corrected chi connectivity index (χ0v) is 11.9. The smallest absolute Gasteiger partial charge is 0.223 e. The fourth-order valence-electron chi connectivity index (χ4n) is 3.35. The van der Waals surface area contributed by atoms with E-state index in [0.29, 0.717) is 23.3 Å². The first-order chi connectivity index (χ1) is 9.11. The van der Waals surface area contributed by atoms with Crippen LogP contribution in [0.4, 0.5) is 5.13 Å². The summed E-state index contributed by atoms with van der Waals surface area (Å²) in [6.07, 6.45) is 4.75. The van der Waals surface area contributed by atoms with E-state index in [2.05, 4.69) is 15.2 Å². The van der Waals surface area contributed by atoms with E-state index in [1.54, 1.807) is 0 Å². The molecule has 5 nitrogen and oxygen atoms in total. The number of piperidine rings is 1. The molecule has 0 radical (unpaired) electrons. The minimum atomic E-state index is -0.0649. The minimum absolute atomic E-state index is 0.0649. The summed E-state index contributed by atoms with van der Waals surface area (Å²) < 4.78 is 0. The van der Waals surface area contributed by atoms with Gasteiger partial charge in [0, 0.05) is 37.0 Å². The summed E-state index contributed by atoms with van der Waals surface area (Å²) in [5.41, 5.74) is 7.14. The molecule has 2 atom stereocenters. The normalized spacial score (nSPS) is 30.5. The van der Waals surface area contributed by atoms with Crippen molar-refractivity contribution >= 4 is 22.4 Å². The SMILES string of the molecule is CC(=O)Nc1nc(CN2C3CCC2CC(N)C3)cs1. The molecular weight excluding hydrogens is 260 g/mol. The Morgan fingerprint density at radius 2 is 2.21 bits per heavy atom. The van der Waals surface area contributed by atoms with Crippen LogP contribution < -0.4 is 11.1 Å². The lowest BCUT2D eigenvalue weighted by Gasteiger charge is -2.37. The summed E-state index contributed by atoms with van der Waals surface area (Å²) in [7, 11) is 0. The first kappa shape index (κ1) is 13.0. The van der Waals surface area contributed by atoms with Gasteiger partial charge in [-0.05, 0) is 25.7 Å². The number of nitrogens with one attached hydrogen (secondary N) is 1. The Morgan fingerprint density at radius 1 is 1.53 bits per heavy atom. The average Bonchev–Trinajstić information content (AvgIpc) is 2.84. The first-order valence-electron chi connectivity index (χ1n) is 6.85. The van der Waals surface area contributed by atoms with E-state index >= 15 is 0 Å². The highest BCUT2D eigenvalue weighted by Crippen LogP contribution is 2.36. The van der Waals surface area contributed by atoms with Gasteiger partial charge in [-0.15, -0.1) is 11.3 Å². The number of fused-ring (bicyclic) bond motifs is 2. The predicted molar refractivity (Wildman–Crippen MR) is 76.0 cm³/mol. The summed E-state index contributed by atoms with van der Waals surface area (Å²) in [4.78, 5) is 18.0. The summed E-state index contributed by atoms with van der Waals surface area (Å²) in [6.45, 7) is 2.39. The van der Waals surface area contributed by atoms with E-state index in [9.17, 15) is 4.79 Å². The van der Waals surface area contributed by atoms with Crippen molar-refractivity contribution in [1.29, 1.82) is 0 Å². The van der Waals surface area contributed by atoms with Crippen LogP contribution in [0.3, 0.4) is 0 Å². The van der Waals surface area contributed by atoms with Crippen molar-refractivity contribution in [1.82, 2.24) is 9.88 Å². The molecule has 104 valence electrons. The Hall–Kier alpha value is -0.980.